The molecule has 158 valence electrons. The third-order valence-electron chi connectivity index (χ3n) is 5.35. The molecule has 2 heterocycles. The molecule has 2 amide bonds. The number of para-hydroxylation sites is 1. The first-order valence-electron chi connectivity index (χ1n) is 9.64. The SMILES string of the molecule is O=C(Nc1cc(Cl)ccc1Oc1ccccc1)[C@H]1CC(=O)N([C@@H]2CCS(=O)(=O)C2)C1. The molecule has 2 aromatic carbocycles. The molecule has 1 N–H and O–H groups in total. The van der Waals surface area contributed by atoms with E-state index in [1.165, 1.54) is 4.90 Å². The quantitative estimate of drug-likeness (QED) is 0.758. The van der Waals surface area contributed by atoms with Gasteiger partial charge in [0.15, 0.2) is 15.6 Å². The maximum Gasteiger partial charge on any atom is 0.229 e. The van der Waals surface area contributed by atoms with E-state index < -0.39 is 15.8 Å². The molecule has 0 aliphatic carbocycles. The van der Waals surface area contributed by atoms with Crippen LogP contribution in [-0.2, 0) is 19.4 Å². The topological polar surface area (TPSA) is 92.8 Å². The third-order valence-corrected chi connectivity index (χ3v) is 7.33. The van der Waals surface area contributed by atoms with E-state index in [1.807, 2.05) is 18.2 Å². The average Bonchev–Trinajstić information content (AvgIpc) is 3.26. The number of likely N-dealkylation sites (tertiary alicyclic amines) is 1. The van der Waals surface area contributed by atoms with E-state index in [9.17, 15) is 18.0 Å². The van der Waals surface area contributed by atoms with Gasteiger partial charge < -0.3 is 15.0 Å². The van der Waals surface area contributed by atoms with Crippen LogP contribution in [-0.4, -0.2) is 49.2 Å². The number of halogens is 1. The highest BCUT2D eigenvalue weighted by Gasteiger charge is 2.42. The number of benzene rings is 2. The molecule has 2 atom stereocenters. The highest BCUT2D eigenvalue weighted by atomic mass is 35.5. The molecule has 9 heteroatoms. The minimum atomic E-state index is -3.11. The lowest BCUT2D eigenvalue weighted by Crippen LogP contribution is -2.38. The lowest BCUT2D eigenvalue weighted by molar-refractivity contribution is -0.129. The van der Waals surface area contributed by atoms with E-state index in [2.05, 4.69) is 5.32 Å². The molecule has 2 aliphatic rings. The van der Waals surface area contributed by atoms with Crippen LogP contribution in [0.25, 0.3) is 0 Å². The van der Waals surface area contributed by atoms with Gasteiger partial charge in [-0.1, -0.05) is 29.8 Å². The van der Waals surface area contributed by atoms with Gasteiger partial charge >= 0.3 is 0 Å². The van der Waals surface area contributed by atoms with Gasteiger partial charge in [0.05, 0.1) is 23.1 Å². The van der Waals surface area contributed by atoms with Crippen LogP contribution in [0.1, 0.15) is 12.8 Å². The van der Waals surface area contributed by atoms with E-state index in [0.717, 1.165) is 0 Å². The number of nitrogens with one attached hydrogen (secondary N) is 1. The van der Waals surface area contributed by atoms with Crippen LogP contribution in [0.2, 0.25) is 5.02 Å². The van der Waals surface area contributed by atoms with Gasteiger partial charge in [-0.05, 0) is 36.8 Å². The second kappa shape index (κ2) is 8.28. The Morgan fingerprint density at radius 1 is 1.17 bits per heavy atom. The Morgan fingerprint density at radius 3 is 2.63 bits per heavy atom. The van der Waals surface area contributed by atoms with Crippen molar-refractivity contribution in [3.8, 4) is 11.5 Å². The van der Waals surface area contributed by atoms with Gasteiger partial charge in [-0.25, -0.2) is 8.42 Å². The maximum atomic E-state index is 12.9. The molecular formula is C21H21ClN2O5S. The Bertz CT molecular complexity index is 1070. The average molecular weight is 449 g/mol. The van der Waals surface area contributed by atoms with Crippen molar-refractivity contribution < 1.29 is 22.7 Å². The van der Waals surface area contributed by atoms with Crippen LogP contribution in [0.15, 0.2) is 48.5 Å². The van der Waals surface area contributed by atoms with Crippen molar-refractivity contribution in [1.82, 2.24) is 4.90 Å². The Kier molecular flexibility index (Phi) is 5.71. The first-order valence-corrected chi connectivity index (χ1v) is 11.8. The van der Waals surface area contributed by atoms with Crippen molar-refractivity contribution >= 4 is 38.9 Å². The number of ether oxygens (including phenoxy) is 1. The smallest absolute Gasteiger partial charge is 0.229 e. The fourth-order valence-electron chi connectivity index (χ4n) is 3.82. The van der Waals surface area contributed by atoms with Gasteiger partial charge in [-0.15, -0.1) is 0 Å². The van der Waals surface area contributed by atoms with Crippen LogP contribution >= 0.6 is 11.6 Å². The molecule has 0 unspecified atom stereocenters. The Balaban J connectivity index is 1.46. The molecule has 0 aromatic heterocycles. The number of carbonyl (C=O) groups excluding carboxylic acids is 2. The van der Waals surface area contributed by atoms with E-state index in [0.29, 0.717) is 28.6 Å². The lowest BCUT2D eigenvalue weighted by Gasteiger charge is -2.23. The molecular weight excluding hydrogens is 428 g/mol. The first-order chi connectivity index (χ1) is 14.3. The van der Waals surface area contributed by atoms with Crippen LogP contribution in [0.5, 0.6) is 11.5 Å². The standard InChI is InChI=1S/C21H21ClN2O5S/c22-15-6-7-19(29-17-4-2-1-3-5-17)18(11-15)23-21(26)14-10-20(25)24(12-14)16-8-9-30(27,28)13-16/h1-7,11,14,16H,8-10,12-13H2,(H,23,26)/t14-,16+/m0/s1. The lowest BCUT2D eigenvalue weighted by atomic mass is 10.1. The van der Waals surface area contributed by atoms with Crippen LogP contribution in [0.3, 0.4) is 0 Å². The predicted molar refractivity (Wildman–Crippen MR) is 113 cm³/mol. The summed E-state index contributed by atoms with van der Waals surface area (Å²) in [5.41, 5.74) is 0.408. The van der Waals surface area contributed by atoms with Crippen LogP contribution in [0.4, 0.5) is 5.69 Å². The predicted octanol–water partition coefficient (Wildman–Crippen LogP) is 3.11. The number of sulfone groups is 1. The van der Waals surface area contributed by atoms with Gasteiger partial charge in [0.1, 0.15) is 5.75 Å². The molecule has 7 nitrogen and oxygen atoms in total. The number of hydrogen-bond acceptors (Lipinski definition) is 5. The van der Waals surface area contributed by atoms with Crippen molar-refractivity contribution in [3.63, 3.8) is 0 Å². The fraction of sp³-hybridized carbons (Fsp3) is 0.333. The van der Waals surface area contributed by atoms with Gasteiger partial charge in [0.25, 0.3) is 0 Å². The van der Waals surface area contributed by atoms with E-state index >= 15 is 0 Å². The number of anilines is 1. The molecule has 2 aromatic rings. The molecule has 0 radical (unpaired) electrons. The summed E-state index contributed by atoms with van der Waals surface area (Å²) in [7, 11) is -3.11. The minimum absolute atomic E-state index is 0.0313. The van der Waals surface area contributed by atoms with Crippen molar-refractivity contribution in [2.75, 3.05) is 23.4 Å². The third kappa shape index (κ3) is 4.60. The molecule has 2 saturated heterocycles. The monoisotopic (exact) mass is 448 g/mol. The second-order valence-electron chi connectivity index (χ2n) is 7.55. The number of rotatable bonds is 5. The first kappa shape index (κ1) is 20.7. The van der Waals surface area contributed by atoms with Crippen molar-refractivity contribution in [2.45, 2.75) is 18.9 Å². The molecule has 2 aliphatic heterocycles. The molecule has 0 saturated carbocycles. The molecule has 2 fully saturated rings. The van der Waals surface area contributed by atoms with Crippen molar-refractivity contribution in [3.05, 3.63) is 53.6 Å². The number of hydrogen-bond donors (Lipinski definition) is 1. The molecule has 4 rings (SSSR count). The Morgan fingerprint density at radius 2 is 1.93 bits per heavy atom. The van der Waals surface area contributed by atoms with Gasteiger partial charge in [0, 0.05) is 24.0 Å². The molecule has 0 bridgehead atoms. The zero-order valence-corrected chi connectivity index (χ0v) is 17.7. The zero-order chi connectivity index (χ0) is 21.3. The molecule has 30 heavy (non-hydrogen) atoms. The van der Waals surface area contributed by atoms with Crippen molar-refractivity contribution in [1.29, 1.82) is 0 Å². The largest absolute Gasteiger partial charge is 0.455 e. The molecule has 0 spiro atoms. The summed E-state index contributed by atoms with van der Waals surface area (Å²) >= 11 is 6.10. The second-order valence-corrected chi connectivity index (χ2v) is 10.2. The Hall–Kier alpha value is -2.58. The fourth-order valence-corrected chi connectivity index (χ4v) is 5.72. The Labute approximate surface area is 179 Å². The van der Waals surface area contributed by atoms with Gasteiger partial charge in [-0.2, -0.15) is 0 Å². The van der Waals surface area contributed by atoms with Crippen LogP contribution < -0.4 is 10.1 Å². The summed E-state index contributed by atoms with van der Waals surface area (Å²) in [4.78, 5) is 26.8. The van der Waals surface area contributed by atoms with Crippen LogP contribution in [0, 0.1) is 5.92 Å². The van der Waals surface area contributed by atoms with E-state index in [1.54, 1.807) is 30.3 Å². The van der Waals surface area contributed by atoms with E-state index in [-0.39, 0.29) is 42.3 Å². The number of nitrogens with zero attached hydrogens (tertiary/aromatic N) is 1. The zero-order valence-electron chi connectivity index (χ0n) is 16.1. The minimum Gasteiger partial charge on any atom is -0.455 e. The maximum absolute atomic E-state index is 12.9. The summed E-state index contributed by atoms with van der Waals surface area (Å²) in [6.07, 6.45) is 0.476. The van der Waals surface area contributed by atoms with Gasteiger partial charge in [0.2, 0.25) is 11.8 Å². The number of amides is 2. The summed E-state index contributed by atoms with van der Waals surface area (Å²) in [6, 6.07) is 13.7. The highest BCUT2D eigenvalue weighted by molar-refractivity contribution is 7.91. The summed E-state index contributed by atoms with van der Waals surface area (Å²) in [6.45, 7) is 0.209. The highest BCUT2D eigenvalue weighted by Crippen LogP contribution is 2.33. The van der Waals surface area contributed by atoms with E-state index in [4.69, 9.17) is 16.3 Å². The number of carbonyl (C=O) groups is 2. The van der Waals surface area contributed by atoms with Crippen molar-refractivity contribution in [2.24, 2.45) is 5.92 Å². The summed E-state index contributed by atoms with van der Waals surface area (Å²) < 4.78 is 29.3. The normalized spacial score (nSPS) is 22.8. The summed E-state index contributed by atoms with van der Waals surface area (Å²) in [5.74, 6) is 0.0135. The summed E-state index contributed by atoms with van der Waals surface area (Å²) in [5, 5.41) is 3.25. The van der Waals surface area contributed by atoms with Gasteiger partial charge in [-0.3, -0.25) is 9.59 Å².